The van der Waals surface area contributed by atoms with Gasteiger partial charge in [-0.1, -0.05) is 0 Å². The molecule has 0 spiro atoms. The first-order valence-corrected chi connectivity index (χ1v) is 10.5. The van der Waals surface area contributed by atoms with Gasteiger partial charge in [0, 0.05) is 43.6 Å². The number of aromatic nitrogens is 2. The van der Waals surface area contributed by atoms with E-state index in [4.69, 9.17) is 0 Å². The Morgan fingerprint density at radius 3 is 2.62 bits per heavy atom. The van der Waals surface area contributed by atoms with Crippen molar-refractivity contribution >= 4 is 20.9 Å². The molecule has 1 aromatic heterocycles. The van der Waals surface area contributed by atoms with Gasteiger partial charge in [-0.25, -0.2) is 8.42 Å². The number of β-amino-alcohol motifs (C(OH)–C–C–N with tert-alkyl or cyclic N) is 1. The van der Waals surface area contributed by atoms with Gasteiger partial charge in [0.15, 0.2) is 0 Å². The maximum atomic E-state index is 13.1. The molecule has 0 aliphatic carbocycles. The van der Waals surface area contributed by atoms with Crippen molar-refractivity contribution < 1.29 is 13.5 Å². The lowest BCUT2D eigenvalue weighted by Crippen LogP contribution is -2.54. The summed E-state index contributed by atoms with van der Waals surface area (Å²) in [5.41, 5.74) is 0.939. The van der Waals surface area contributed by atoms with E-state index in [-0.39, 0.29) is 12.1 Å². The van der Waals surface area contributed by atoms with Crippen LogP contribution in [-0.4, -0.2) is 70.8 Å². The number of nitrogens with zero attached hydrogens (tertiary/aromatic N) is 4. The van der Waals surface area contributed by atoms with Crippen molar-refractivity contribution in [2.24, 2.45) is 0 Å². The first-order chi connectivity index (χ1) is 12.2. The van der Waals surface area contributed by atoms with Gasteiger partial charge in [-0.15, -0.1) is 0 Å². The van der Waals surface area contributed by atoms with Crippen LogP contribution >= 0.6 is 0 Å². The summed E-state index contributed by atoms with van der Waals surface area (Å²) in [6.07, 6.45) is 1.31. The van der Waals surface area contributed by atoms with E-state index in [1.807, 2.05) is 31.5 Å². The molecule has 2 heterocycles. The molecule has 0 bridgehead atoms. The van der Waals surface area contributed by atoms with Crippen molar-refractivity contribution in [2.45, 2.75) is 50.8 Å². The summed E-state index contributed by atoms with van der Waals surface area (Å²) in [6.45, 7) is 10.0. The van der Waals surface area contributed by atoms with Crippen LogP contribution < -0.4 is 0 Å². The third kappa shape index (κ3) is 3.64. The van der Waals surface area contributed by atoms with Crippen molar-refractivity contribution in [1.82, 2.24) is 19.0 Å². The Balaban J connectivity index is 1.85. The van der Waals surface area contributed by atoms with Crippen LogP contribution in [0.5, 0.6) is 0 Å². The molecule has 8 heteroatoms. The minimum absolute atomic E-state index is 0.137. The fourth-order valence-corrected chi connectivity index (χ4v) is 5.30. The number of aliphatic hydroxyl groups excluding tert-OH is 1. The lowest BCUT2D eigenvalue weighted by molar-refractivity contribution is 0.0840. The van der Waals surface area contributed by atoms with Crippen LogP contribution in [0, 0.1) is 0 Å². The molecule has 1 aliphatic heterocycles. The van der Waals surface area contributed by atoms with Crippen LogP contribution in [0.4, 0.5) is 0 Å². The second-order valence-electron chi connectivity index (χ2n) is 7.48. The van der Waals surface area contributed by atoms with Gasteiger partial charge >= 0.3 is 0 Å². The fourth-order valence-electron chi connectivity index (χ4n) is 3.65. The molecule has 1 aromatic carbocycles. The zero-order chi connectivity index (χ0) is 19.1. The Labute approximate surface area is 155 Å². The average Bonchev–Trinajstić information content (AvgIpc) is 2.97. The van der Waals surface area contributed by atoms with Crippen LogP contribution in [-0.2, 0) is 10.0 Å². The van der Waals surface area contributed by atoms with Crippen molar-refractivity contribution in [3.8, 4) is 0 Å². The van der Waals surface area contributed by atoms with E-state index in [0.29, 0.717) is 31.1 Å². The average molecular weight is 381 g/mol. The third-order valence-electron chi connectivity index (χ3n) is 4.84. The predicted molar refractivity (Wildman–Crippen MR) is 102 cm³/mol. The Hall–Kier alpha value is -1.48. The van der Waals surface area contributed by atoms with Crippen molar-refractivity contribution in [3.05, 3.63) is 24.4 Å². The summed E-state index contributed by atoms with van der Waals surface area (Å²) in [5, 5.41) is 14.7. The van der Waals surface area contributed by atoms with E-state index in [1.165, 1.54) is 0 Å². The second-order valence-corrected chi connectivity index (χ2v) is 9.37. The first kappa shape index (κ1) is 19.3. The fraction of sp³-hybridized carbons (Fsp3) is 0.611. The summed E-state index contributed by atoms with van der Waals surface area (Å²) >= 11 is 0. The summed E-state index contributed by atoms with van der Waals surface area (Å²) in [6, 6.07) is 5.31. The first-order valence-electron chi connectivity index (χ1n) is 9.09. The van der Waals surface area contributed by atoms with Crippen LogP contribution in [0.1, 0.15) is 33.7 Å². The van der Waals surface area contributed by atoms with Crippen molar-refractivity contribution in [1.29, 1.82) is 0 Å². The van der Waals surface area contributed by atoms with E-state index < -0.39 is 16.1 Å². The molecule has 0 amide bonds. The molecule has 2 atom stereocenters. The molecule has 7 nitrogen and oxygen atoms in total. The summed E-state index contributed by atoms with van der Waals surface area (Å²) < 4.78 is 29.7. The number of aliphatic hydroxyl groups is 1. The highest BCUT2D eigenvalue weighted by Crippen LogP contribution is 2.26. The lowest BCUT2D eigenvalue weighted by Gasteiger charge is -2.39. The second kappa shape index (κ2) is 7.26. The zero-order valence-electron chi connectivity index (χ0n) is 15.8. The van der Waals surface area contributed by atoms with Gasteiger partial charge in [-0.3, -0.25) is 9.58 Å². The number of sulfonamides is 1. The quantitative estimate of drug-likeness (QED) is 0.854. The molecule has 144 valence electrons. The number of rotatable bonds is 5. The Bertz CT molecular complexity index is 876. The molecule has 1 N–H and O–H groups in total. The van der Waals surface area contributed by atoms with E-state index >= 15 is 0 Å². The van der Waals surface area contributed by atoms with E-state index in [2.05, 4.69) is 10.00 Å². The SMILES string of the molecule is CC(O)CN1CCN(S(=O)(=O)c2ccc3c(cnn3C(C)C)c2)C(C)C1. The molecular formula is C18H28N4O3S. The highest BCUT2D eigenvalue weighted by Gasteiger charge is 2.34. The van der Waals surface area contributed by atoms with Gasteiger partial charge in [0.1, 0.15) is 0 Å². The van der Waals surface area contributed by atoms with Crippen molar-refractivity contribution in [2.75, 3.05) is 26.2 Å². The van der Waals surface area contributed by atoms with Crippen molar-refractivity contribution in [3.63, 3.8) is 0 Å². The Morgan fingerprint density at radius 2 is 2.00 bits per heavy atom. The van der Waals surface area contributed by atoms with Gasteiger partial charge in [-0.2, -0.15) is 9.40 Å². The van der Waals surface area contributed by atoms with Gasteiger partial charge in [0.25, 0.3) is 0 Å². The van der Waals surface area contributed by atoms with Crippen LogP contribution in [0.3, 0.4) is 0 Å². The molecule has 26 heavy (non-hydrogen) atoms. The molecule has 1 fully saturated rings. The largest absolute Gasteiger partial charge is 0.392 e. The maximum absolute atomic E-state index is 13.1. The zero-order valence-corrected chi connectivity index (χ0v) is 16.6. The van der Waals surface area contributed by atoms with Crippen LogP contribution in [0.25, 0.3) is 10.9 Å². The summed E-state index contributed by atoms with van der Waals surface area (Å²) in [7, 11) is -3.56. The molecule has 3 rings (SSSR count). The predicted octanol–water partition coefficient (Wildman–Crippen LogP) is 1.69. The molecule has 1 aliphatic rings. The minimum Gasteiger partial charge on any atom is -0.392 e. The van der Waals surface area contributed by atoms with E-state index in [0.717, 1.165) is 10.9 Å². The number of piperazine rings is 1. The van der Waals surface area contributed by atoms with Gasteiger partial charge < -0.3 is 5.11 Å². The molecule has 1 saturated heterocycles. The normalized spacial score (nSPS) is 21.5. The number of hydrogen-bond acceptors (Lipinski definition) is 5. The minimum atomic E-state index is -3.56. The molecule has 0 radical (unpaired) electrons. The van der Waals surface area contributed by atoms with Gasteiger partial charge in [0.2, 0.25) is 10.0 Å². The van der Waals surface area contributed by atoms with Gasteiger partial charge in [-0.05, 0) is 45.9 Å². The summed E-state index contributed by atoms with van der Waals surface area (Å²) in [4.78, 5) is 2.42. The van der Waals surface area contributed by atoms with Crippen LogP contribution in [0.2, 0.25) is 0 Å². The molecule has 2 unspecified atom stereocenters. The monoisotopic (exact) mass is 380 g/mol. The van der Waals surface area contributed by atoms with E-state index in [1.54, 1.807) is 29.6 Å². The van der Waals surface area contributed by atoms with Gasteiger partial charge in [0.05, 0.1) is 22.7 Å². The topological polar surface area (TPSA) is 78.7 Å². The van der Waals surface area contributed by atoms with Crippen LogP contribution in [0.15, 0.2) is 29.3 Å². The van der Waals surface area contributed by atoms with E-state index in [9.17, 15) is 13.5 Å². The Kier molecular flexibility index (Phi) is 5.39. The smallest absolute Gasteiger partial charge is 0.243 e. The summed E-state index contributed by atoms with van der Waals surface area (Å²) in [5.74, 6) is 0. The standard InChI is InChI=1S/C18H28N4O3S/c1-13(2)22-18-6-5-17(9-16(18)10-19-22)26(24,25)21-8-7-20(11-14(21)3)12-15(4)23/h5-6,9-10,13-15,23H,7-8,11-12H2,1-4H3. The number of hydrogen-bond donors (Lipinski definition) is 1. The number of fused-ring (bicyclic) bond motifs is 1. The molecular weight excluding hydrogens is 352 g/mol. The Morgan fingerprint density at radius 1 is 1.27 bits per heavy atom. The lowest BCUT2D eigenvalue weighted by atomic mass is 10.2. The highest BCUT2D eigenvalue weighted by molar-refractivity contribution is 7.89. The molecule has 0 saturated carbocycles. The maximum Gasteiger partial charge on any atom is 0.243 e. The molecule has 2 aromatic rings. The number of benzene rings is 1. The third-order valence-corrected chi connectivity index (χ3v) is 6.85. The highest BCUT2D eigenvalue weighted by atomic mass is 32.2.